The normalized spacial score (nSPS) is 19.7. The van der Waals surface area contributed by atoms with Gasteiger partial charge in [0.15, 0.2) is 0 Å². The van der Waals surface area contributed by atoms with Crippen molar-refractivity contribution in [2.24, 2.45) is 0 Å². The number of halogens is 1. The van der Waals surface area contributed by atoms with Gasteiger partial charge in [-0.1, -0.05) is 29.3 Å². The van der Waals surface area contributed by atoms with Crippen LogP contribution in [0.3, 0.4) is 0 Å². The number of rotatable bonds is 3. The van der Waals surface area contributed by atoms with Crippen LogP contribution in [0, 0.1) is 0 Å². The predicted octanol–water partition coefficient (Wildman–Crippen LogP) is 1.06. The summed E-state index contributed by atoms with van der Waals surface area (Å²) in [5.74, 6) is -0.222. The average Bonchev–Trinajstić information content (AvgIpc) is 2.30. The summed E-state index contributed by atoms with van der Waals surface area (Å²) in [7, 11) is 0. The van der Waals surface area contributed by atoms with Crippen LogP contribution in [0.25, 0.3) is 0 Å². The minimum Gasteiger partial charge on any atom is -0.303 e. The Balaban J connectivity index is 2.51. The summed E-state index contributed by atoms with van der Waals surface area (Å²) in [4.78, 5) is 23.3. The van der Waals surface area contributed by atoms with Crippen molar-refractivity contribution in [2.45, 2.75) is 24.7 Å². The van der Waals surface area contributed by atoms with Gasteiger partial charge in [-0.25, -0.2) is 4.79 Å². The van der Waals surface area contributed by atoms with Crippen LogP contribution in [0.5, 0.6) is 0 Å². The molecule has 68 valence electrons. The van der Waals surface area contributed by atoms with Crippen LogP contribution >= 0.6 is 15.9 Å². The van der Waals surface area contributed by atoms with Crippen molar-refractivity contribution >= 4 is 27.9 Å². The van der Waals surface area contributed by atoms with Gasteiger partial charge in [0, 0.05) is 0 Å². The lowest BCUT2D eigenvalue weighted by molar-refractivity contribution is -0.118. The molecule has 0 bridgehead atoms. The fourth-order valence-corrected chi connectivity index (χ4v) is 1.87. The van der Waals surface area contributed by atoms with E-state index in [0.29, 0.717) is 0 Å². The first kappa shape index (κ1) is 9.51. The third-order valence-electron chi connectivity index (χ3n) is 1.69. The van der Waals surface area contributed by atoms with Gasteiger partial charge >= 0.3 is 6.03 Å². The highest BCUT2D eigenvalue weighted by Gasteiger charge is 2.30. The largest absolute Gasteiger partial charge is 0.325 e. The second-order valence-corrected chi connectivity index (χ2v) is 3.76. The monoisotopic (exact) mass is 234 g/mol. The Morgan fingerprint density at radius 1 is 1.67 bits per heavy atom. The summed E-state index contributed by atoms with van der Waals surface area (Å²) >= 11 is 3.35. The Labute approximate surface area is 79.4 Å². The number of nitrogens with one attached hydrogen (secondary N) is 1. The van der Waals surface area contributed by atoms with E-state index >= 15 is 0 Å². The third kappa shape index (κ3) is 1.97. The molecule has 1 aliphatic heterocycles. The Hall–Kier alpha value is -0.580. The average molecular weight is 235 g/mol. The first-order valence-electron chi connectivity index (χ1n) is 3.89. The summed E-state index contributed by atoms with van der Waals surface area (Å²) < 4.78 is 0. The lowest BCUT2D eigenvalue weighted by Gasteiger charge is -2.19. The van der Waals surface area contributed by atoms with Crippen molar-refractivity contribution in [1.82, 2.24) is 10.2 Å². The van der Waals surface area contributed by atoms with Gasteiger partial charge in [0.05, 0.1) is 4.95 Å². The maximum Gasteiger partial charge on any atom is 0.325 e. The van der Waals surface area contributed by atoms with E-state index in [0.717, 1.165) is 12.8 Å². The molecule has 0 aliphatic carbocycles. The number of carbonyl (C=O) groups excluding carboxylic acids is 2. The maximum atomic E-state index is 11.1. The number of nitrogens with zero attached hydrogens (tertiary/aromatic N) is 1. The SMILES string of the molecule is CCCC(Br)N1CC(=O)NC1=O. The predicted molar refractivity (Wildman–Crippen MR) is 47.9 cm³/mol. The number of alkyl halides is 1. The molecule has 0 saturated carbocycles. The van der Waals surface area contributed by atoms with Gasteiger partial charge in [0.1, 0.15) is 6.54 Å². The molecule has 1 rings (SSSR count). The molecule has 4 nitrogen and oxygen atoms in total. The number of hydrogen-bond donors (Lipinski definition) is 1. The van der Waals surface area contributed by atoms with E-state index in [1.54, 1.807) is 0 Å². The first-order chi connectivity index (χ1) is 5.65. The van der Waals surface area contributed by atoms with Crippen molar-refractivity contribution in [2.75, 3.05) is 6.54 Å². The highest BCUT2D eigenvalue weighted by atomic mass is 79.9. The molecule has 0 radical (unpaired) electrons. The topological polar surface area (TPSA) is 49.4 Å². The highest BCUT2D eigenvalue weighted by Crippen LogP contribution is 2.15. The fourth-order valence-electron chi connectivity index (χ4n) is 1.08. The maximum absolute atomic E-state index is 11.1. The van der Waals surface area contributed by atoms with E-state index in [-0.39, 0.29) is 23.4 Å². The molecule has 1 N–H and O–H groups in total. The molecule has 0 spiro atoms. The second kappa shape index (κ2) is 3.89. The third-order valence-corrected chi connectivity index (χ3v) is 2.64. The van der Waals surface area contributed by atoms with E-state index in [1.165, 1.54) is 4.90 Å². The molecule has 12 heavy (non-hydrogen) atoms. The summed E-state index contributed by atoms with van der Waals surface area (Å²) in [5.41, 5.74) is 0. The van der Waals surface area contributed by atoms with E-state index in [9.17, 15) is 9.59 Å². The van der Waals surface area contributed by atoms with E-state index in [4.69, 9.17) is 0 Å². The molecule has 3 amide bonds. The number of urea groups is 1. The Bertz CT molecular complexity index is 208. The molecule has 1 unspecified atom stereocenters. The highest BCUT2D eigenvalue weighted by molar-refractivity contribution is 9.09. The standard InChI is InChI=1S/C7H11BrN2O2/c1-2-3-5(8)10-4-6(11)9-7(10)12/h5H,2-4H2,1H3,(H,9,11,12). The lowest BCUT2D eigenvalue weighted by atomic mass is 10.3. The second-order valence-electron chi connectivity index (χ2n) is 2.70. The van der Waals surface area contributed by atoms with Gasteiger partial charge in [-0.05, 0) is 6.42 Å². The van der Waals surface area contributed by atoms with Crippen molar-refractivity contribution in [3.63, 3.8) is 0 Å². The van der Waals surface area contributed by atoms with Gasteiger partial charge in [-0.3, -0.25) is 10.1 Å². The van der Waals surface area contributed by atoms with E-state index in [1.807, 2.05) is 6.92 Å². The summed E-state index contributed by atoms with van der Waals surface area (Å²) in [6.45, 7) is 2.21. The molecular formula is C7H11BrN2O2. The quantitative estimate of drug-likeness (QED) is 0.451. The van der Waals surface area contributed by atoms with Crippen LogP contribution < -0.4 is 5.32 Å². The first-order valence-corrected chi connectivity index (χ1v) is 4.81. The van der Waals surface area contributed by atoms with Crippen molar-refractivity contribution in [3.8, 4) is 0 Å². The zero-order chi connectivity index (χ0) is 9.14. The number of amides is 3. The van der Waals surface area contributed by atoms with Gasteiger partial charge < -0.3 is 4.90 Å². The number of carbonyl (C=O) groups is 2. The molecule has 1 atom stereocenters. The Kier molecular flexibility index (Phi) is 3.08. The summed E-state index contributed by atoms with van der Waals surface area (Å²) in [5, 5.41) is 2.22. The van der Waals surface area contributed by atoms with Crippen molar-refractivity contribution < 1.29 is 9.59 Å². The molecule has 5 heteroatoms. The summed E-state index contributed by atoms with van der Waals surface area (Å²) in [6, 6.07) is -0.296. The number of hydrogen-bond acceptors (Lipinski definition) is 2. The van der Waals surface area contributed by atoms with Crippen molar-refractivity contribution in [1.29, 1.82) is 0 Å². The minimum absolute atomic E-state index is 0.0195. The molecule has 1 saturated heterocycles. The van der Waals surface area contributed by atoms with Crippen LogP contribution in [0.1, 0.15) is 19.8 Å². The van der Waals surface area contributed by atoms with Crippen LogP contribution in [0.4, 0.5) is 4.79 Å². The molecule has 0 aromatic carbocycles. The molecular weight excluding hydrogens is 224 g/mol. The zero-order valence-corrected chi connectivity index (χ0v) is 8.43. The molecule has 0 aromatic heterocycles. The molecule has 1 fully saturated rings. The lowest BCUT2D eigenvalue weighted by Crippen LogP contribution is -2.34. The molecule has 0 aromatic rings. The van der Waals surface area contributed by atoms with Crippen LogP contribution in [-0.2, 0) is 4.79 Å². The van der Waals surface area contributed by atoms with Crippen LogP contribution in [0.2, 0.25) is 0 Å². The van der Waals surface area contributed by atoms with Gasteiger partial charge in [-0.15, -0.1) is 0 Å². The minimum atomic E-state index is -0.296. The van der Waals surface area contributed by atoms with E-state index in [2.05, 4.69) is 21.2 Å². The van der Waals surface area contributed by atoms with Crippen molar-refractivity contribution in [3.05, 3.63) is 0 Å². The van der Waals surface area contributed by atoms with Crippen LogP contribution in [0.15, 0.2) is 0 Å². The Morgan fingerprint density at radius 3 is 2.75 bits per heavy atom. The van der Waals surface area contributed by atoms with Crippen LogP contribution in [-0.4, -0.2) is 28.3 Å². The molecule has 1 heterocycles. The van der Waals surface area contributed by atoms with Gasteiger partial charge in [0.2, 0.25) is 5.91 Å². The van der Waals surface area contributed by atoms with Gasteiger partial charge in [0.25, 0.3) is 0 Å². The van der Waals surface area contributed by atoms with Gasteiger partial charge in [-0.2, -0.15) is 0 Å². The Morgan fingerprint density at radius 2 is 2.33 bits per heavy atom. The van der Waals surface area contributed by atoms with E-state index < -0.39 is 0 Å². The summed E-state index contributed by atoms with van der Waals surface area (Å²) in [6.07, 6.45) is 1.84. The smallest absolute Gasteiger partial charge is 0.303 e. The fraction of sp³-hybridized carbons (Fsp3) is 0.714. The molecule has 1 aliphatic rings. The zero-order valence-electron chi connectivity index (χ0n) is 6.84. The number of imide groups is 1.